The number of aryl methyl sites for hydroxylation is 1. The Morgan fingerprint density at radius 3 is 2.44 bits per heavy atom. The van der Waals surface area contributed by atoms with Gasteiger partial charge >= 0.3 is 0 Å². The summed E-state index contributed by atoms with van der Waals surface area (Å²) in [6, 6.07) is 12.0. The second-order valence-electron chi connectivity index (χ2n) is 9.10. The first-order valence-electron chi connectivity index (χ1n) is 11.2. The lowest BCUT2D eigenvalue weighted by atomic mass is 9.89. The number of anilines is 2. The summed E-state index contributed by atoms with van der Waals surface area (Å²) in [5.41, 5.74) is 5.31. The second-order valence-corrected chi connectivity index (χ2v) is 10.3. The number of carbonyl (C=O) groups is 2. The van der Waals surface area contributed by atoms with Gasteiger partial charge in [-0.25, -0.2) is 0 Å². The highest BCUT2D eigenvalue weighted by molar-refractivity contribution is 8.02. The van der Waals surface area contributed by atoms with Gasteiger partial charge in [0.2, 0.25) is 10.8 Å². The molecule has 32 heavy (non-hydrogen) atoms. The minimum Gasteiger partial charge on any atom is -0.494 e. The zero-order valence-electron chi connectivity index (χ0n) is 19.2. The molecule has 5 nitrogen and oxygen atoms in total. The van der Waals surface area contributed by atoms with Crippen molar-refractivity contribution < 1.29 is 14.3 Å². The van der Waals surface area contributed by atoms with E-state index in [0.717, 1.165) is 40.2 Å². The van der Waals surface area contributed by atoms with Crippen molar-refractivity contribution in [2.24, 2.45) is 0 Å². The molecule has 1 saturated heterocycles. The van der Waals surface area contributed by atoms with Crippen molar-refractivity contribution >= 4 is 40.5 Å². The van der Waals surface area contributed by atoms with Gasteiger partial charge in [0.05, 0.1) is 23.6 Å². The summed E-state index contributed by atoms with van der Waals surface area (Å²) >= 11 is 1.41. The first-order valence-corrected chi connectivity index (χ1v) is 12.1. The Morgan fingerprint density at radius 1 is 1.06 bits per heavy atom. The molecule has 0 unspecified atom stereocenters. The normalized spacial score (nSPS) is 23.1. The van der Waals surface area contributed by atoms with Gasteiger partial charge < -0.3 is 4.74 Å². The molecular formula is C26H28N2O3S. The summed E-state index contributed by atoms with van der Waals surface area (Å²) in [7, 11) is 0. The van der Waals surface area contributed by atoms with E-state index >= 15 is 0 Å². The number of allylic oxidation sites excluding steroid dienone is 1. The predicted molar refractivity (Wildman–Crippen MR) is 130 cm³/mol. The van der Waals surface area contributed by atoms with Gasteiger partial charge in [0.15, 0.2) is 0 Å². The molecule has 6 heteroatoms. The molecule has 2 amide bonds. The van der Waals surface area contributed by atoms with Crippen LogP contribution in [0.1, 0.15) is 51.3 Å². The van der Waals surface area contributed by atoms with E-state index in [1.807, 2.05) is 48.2 Å². The molecule has 1 fully saturated rings. The number of thioether (sulfide) groups is 1. The molecule has 0 aromatic heterocycles. The summed E-state index contributed by atoms with van der Waals surface area (Å²) in [5.74, 6) is 0.872. The number of benzene rings is 2. The van der Waals surface area contributed by atoms with E-state index in [1.165, 1.54) is 17.3 Å². The fourth-order valence-electron chi connectivity index (χ4n) is 5.28. The number of fused-ring (bicyclic) bond motifs is 1. The third-order valence-electron chi connectivity index (χ3n) is 6.62. The average molecular weight is 449 g/mol. The van der Waals surface area contributed by atoms with E-state index in [9.17, 15) is 9.59 Å². The molecule has 0 aliphatic carbocycles. The molecule has 2 aromatic rings. The summed E-state index contributed by atoms with van der Waals surface area (Å²) in [5, 5.41) is 0. The summed E-state index contributed by atoms with van der Waals surface area (Å²) in [4.78, 5) is 30.0. The number of nitrogens with zero attached hydrogens (tertiary/aromatic N) is 2. The molecule has 0 saturated carbocycles. The second kappa shape index (κ2) is 7.14. The molecule has 5 rings (SSSR count). The highest BCUT2D eigenvalue weighted by atomic mass is 32.2. The molecule has 3 aliphatic heterocycles. The van der Waals surface area contributed by atoms with Crippen LogP contribution < -0.4 is 14.5 Å². The van der Waals surface area contributed by atoms with Gasteiger partial charge in [-0.05, 0) is 69.5 Å². The van der Waals surface area contributed by atoms with Gasteiger partial charge in [-0.2, -0.15) is 0 Å². The monoisotopic (exact) mass is 448 g/mol. The molecule has 1 spiro atoms. The van der Waals surface area contributed by atoms with Crippen molar-refractivity contribution in [1.82, 2.24) is 0 Å². The highest BCUT2D eigenvalue weighted by Gasteiger charge is 2.64. The van der Waals surface area contributed by atoms with Crippen LogP contribution in [0.25, 0.3) is 5.57 Å². The van der Waals surface area contributed by atoms with Gasteiger partial charge in [0, 0.05) is 16.8 Å². The number of rotatable bonds is 4. The maximum Gasteiger partial charge on any atom is 0.269 e. The largest absolute Gasteiger partial charge is 0.494 e. The molecule has 2 aromatic carbocycles. The predicted octanol–water partition coefficient (Wildman–Crippen LogP) is 5.12. The molecule has 0 radical (unpaired) electrons. The smallest absolute Gasteiger partial charge is 0.269 e. The average Bonchev–Trinajstić information content (AvgIpc) is 3.23. The van der Waals surface area contributed by atoms with Crippen LogP contribution in [0.5, 0.6) is 5.75 Å². The van der Waals surface area contributed by atoms with Crippen LogP contribution in [-0.2, 0) is 20.9 Å². The maximum absolute atomic E-state index is 14.3. The van der Waals surface area contributed by atoms with Crippen LogP contribution >= 0.6 is 11.8 Å². The van der Waals surface area contributed by atoms with Crippen LogP contribution in [0.4, 0.5) is 11.4 Å². The fourth-order valence-corrected chi connectivity index (χ4v) is 6.60. The van der Waals surface area contributed by atoms with Gasteiger partial charge in [-0.1, -0.05) is 25.1 Å². The van der Waals surface area contributed by atoms with Crippen LogP contribution in [-0.4, -0.2) is 29.7 Å². The third-order valence-corrected chi connectivity index (χ3v) is 8.00. The SMILES string of the molecule is CCOc1cc2c3c(c1)[C@@]1(SCC(=O)N1c1ccc(CC)cc1)C(=O)N3C(C)(C)C=C2C. The number of amides is 2. The first kappa shape index (κ1) is 21.1. The fraction of sp³-hybridized carbons (Fsp3) is 0.385. The van der Waals surface area contributed by atoms with Crippen molar-refractivity contribution in [2.45, 2.75) is 51.4 Å². The minimum absolute atomic E-state index is 0.0505. The number of hydrogen-bond acceptors (Lipinski definition) is 4. The van der Waals surface area contributed by atoms with Crippen molar-refractivity contribution in [3.05, 3.63) is 59.2 Å². The molecule has 3 aliphatic rings. The van der Waals surface area contributed by atoms with E-state index in [-0.39, 0.29) is 17.6 Å². The van der Waals surface area contributed by atoms with Crippen molar-refractivity contribution in [3.63, 3.8) is 0 Å². The first-order chi connectivity index (χ1) is 15.2. The van der Waals surface area contributed by atoms with Crippen LogP contribution in [0.3, 0.4) is 0 Å². The van der Waals surface area contributed by atoms with Crippen LogP contribution in [0.15, 0.2) is 42.5 Å². The number of hydrogen-bond donors (Lipinski definition) is 0. The van der Waals surface area contributed by atoms with Crippen molar-refractivity contribution in [2.75, 3.05) is 22.2 Å². The van der Waals surface area contributed by atoms with Gasteiger partial charge in [0.1, 0.15) is 5.75 Å². The van der Waals surface area contributed by atoms with E-state index in [0.29, 0.717) is 6.61 Å². The quantitative estimate of drug-likeness (QED) is 0.651. The standard InChI is InChI=1S/C26H28N2O3S/c1-6-17-8-10-18(11-9-17)27-22(29)15-32-26(27)21-13-19(31-7-2)12-20-16(3)14-25(4,5)28(23(20)21)24(26)30/h8-14H,6-7,15H2,1-5H3/t26-/m1/s1. The van der Waals surface area contributed by atoms with E-state index in [4.69, 9.17) is 4.74 Å². The molecule has 3 heterocycles. The topological polar surface area (TPSA) is 49.9 Å². The van der Waals surface area contributed by atoms with Gasteiger partial charge in [-0.15, -0.1) is 11.8 Å². The zero-order valence-corrected chi connectivity index (χ0v) is 20.0. The van der Waals surface area contributed by atoms with Gasteiger partial charge in [-0.3, -0.25) is 19.4 Å². The van der Waals surface area contributed by atoms with E-state index in [1.54, 1.807) is 4.90 Å². The Balaban J connectivity index is 1.78. The minimum atomic E-state index is -1.13. The van der Waals surface area contributed by atoms with E-state index in [2.05, 4.69) is 33.8 Å². The third kappa shape index (κ3) is 2.71. The molecule has 0 N–H and O–H groups in total. The van der Waals surface area contributed by atoms with E-state index < -0.39 is 10.4 Å². The van der Waals surface area contributed by atoms with Crippen LogP contribution in [0.2, 0.25) is 0 Å². The Hall–Kier alpha value is -2.73. The molecule has 1 atom stereocenters. The molecular weight excluding hydrogens is 420 g/mol. The molecule has 166 valence electrons. The zero-order chi connectivity index (χ0) is 22.8. The Labute approximate surface area is 193 Å². The Bertz CT molecular complexity index is 1170. The van der Waals surface area contributed by atoms with Crippen LogP contribution in [0, 0.1) is 0 Å². The lowest BCUT2D eigenvalue weighted by molar-refractivity contribution is -0.124. The summed E-state index contributed by atoms with van der Waals surface area (Å²) in [6.45, 7) is 10.8. The van der Waals surface area contributed by atoms with Crippen molar-refractivity contribution in [3.8, 4) is 5.75 Å². The van der Waals surface area contributed by atoms with Gasteiger partial charge in [0.25, 0.3) is 5.91 Å². The summed E-state index contributed by atoms with van der Waals surface area (Å²) < 4.78 is 5.90. The molecule has 0 bridgehead atoms. The number of ether oxygens (including phenoxy) is 1. The lowest BCUT2D eigenvalue weighted by Gasteiger charge is -2.40. The Morgan fingerprint density at radius 2 is 1.78 bits per heavy atom. The lowest BCUT2D eigenvalue weighted by Crippen LogP contribution is -2.54. The number of carbonyl (C=O) groups excluding carboxylic acids is 2. The Kier molecular flexibility index (Phi) is 4.71. The highest BCUT2D eigenvalue weighted by Crippen LogP contribution is 2.60. The summed E-state index contributed by atoms with van der Waals surface area (Å²) in [6.07, 6.45) is 3.05. The van der Waals surface area contributed by atoms with Crippen molar-refractivity contribution in [1.29, 1.82) is 0 Å². The maximum atomic E-state index is 14.3.